The second kappa shape index (κ2) is 7.27. The van der Waals surface area contributed by atoms with Crippen LogP contribution in [-0.4, -0.2) is 54.0 Å². The van der Waals surface area contributed by atoms with Crippen LogP contribution in [0.4, 0.5) is 4.79 Å². The van der Waals surface area contributed by atoms with Crippen LogP contribution in [0.5, 0.6) is 0 Å². The summed E-state index contributed by atoms with van der Waals surface area (Å²) >= 11 is 0. The lowest BCUT2D eigenvalue weighted by Crippen LogP contribution is -2.53. The number of aliphatic hydroxyl groups excluding tert-OH is 1. The zero-order valence-electron chi connectivity index (χ0n) is 12.7. The first kappa shape index (κ1) is 15.6. The fraction of sp³-hybridized carbons (Fsp3) is 0.933. The van der Waals surface area contributed by atoms with Crippen molar-refractivity contribution in [1.82, 2.24) is 10.2 Å². The Bertz CT molecular complexity index is 310. The lowest BCUT2D eigenvalue weighted by atomic mass is 9.98. The maximum Gasteiger partial charge on any atom is 0.317 e. The summed E-state index contributed by atoms with van der Waals surface area (Å²) in [6, 6.07) is 0.495. The SMILES string of the molecule is CC1CCCC(C)N1C(=O)NCC(O)COCC1CC1. The molecule has 2 rings (SSSR count). The first-order valence-electron chi connectivity index (χ1n) is 7.90. The van der Waals surface area contributed by atoms with E-state index in [-0.39, 0.29) is 24.7 Å². The van der Waals surface area contributed by atoms with Gasteiger partial charge >= 0.3 is 6.03 Å². The maximum absolute atomic E-state index is 12.2. The van der Waals surface area contributed by atoms with Gasteiger partial charge in [0.2, 0.25) is 0 Å². The highest BCUT2D eigenvalue weighted by Gasteiger charge is 2.29. The first-order valence-corrected chi connectivity index (χ1v) is 7.90. The van der Waals surface area contributed by atoms with Gasteiger partial charge in [0.15, 0.2) is 0 Å². The highest BCUT2D eigenvalue weighted by atomic mass is 16.5. The number of carbonyl (C=O) groups is 1. The number of urea groups is 1. The van der Waals surface area contributed by atoms with Crippen LogP contribution in [0.25, 0.3) is 0 Å². The van der Waals surface area contributed by atoms with Crippen LogP contribution < -0.4 is 5.32 Å². The van der Waals surface area contributed by atoms with E-state index in [4.69, 9.17) is 4.74 Å². The van der Waals surface area contributed by atoms with E-state index in [1.165, 1.54) is 19.3 Å². The van der Waals surface area contributed by atoms with Gasteiger partial charge in [0.25, 0.3) is 0 Å². The van der Waals surface area contributed by atoms with Crippen LogP contribution in [0.1, 0.15) is 46.0 Å². The van der Waals surface area contributed by atoms with Crippen LogP contribution in [0.3, 0.4) is 0 Å². The Labute approximate surface area is 121 Å². The van der Waals surface area contributed by atoms with Gasteiger partial charge in [0, 0.05) is 25.2 Å². The summed E-state index contributed by atoms with van der Waals surface area (Å²) in [6.07, 6.45) is 5.18. The van der Waals surface area contributed by atoms with E-state index in [0.717, 1.165) is 19.4 Å². The molecule has 5 heteroatoms. The number of piperidine rings is 1. The molecule has 0 aromatic heterocycles. The van der Waals surface area contributed by atoms with Crippen LogP contribution in [0.2, 0.25) is 0 Å². The van der Waals surface area contributed by atoms with E-state index < -0.39 is 6.10 Å². The Morgan fingerprint density at radius 2 is 1.95 bits per heavy atom. The van der Waals surface area contributed by atoms with Crippen molar-refractivity contribution in [2.45, 2.75) is 64.1 Å². The summed E-state index contributed by atoms with van der Waals surface area (Å²) in [5.41, 5.74) is 0. The Hall–Kier alpha value is -0.810. The molecule has 2 aliphatic rings. The second-order valence-electron chi connectivity index (χ2n) is 6.36. The van der Waals surface area contributed by atoms with Crippen molar-refractivity contribution in [3.63, 3.8) is 0 Å². The first-order chi connectivity index (χ1) is 9.58. The quantitative estimate of drug-likeness (QED) is 0.781. The largest absolute Gasteiger partial charge is 0.389 e. The zero-order chi connectivity index (χ0) is 14.5. The molecule has 3 unspecified atom stereocenters. The molecular weight excluding hydrogens is 256 g/mol. The summed E-state index contributed by atoms with van der Waals surface area (Å²) in [7, 11) is 0. The number of nitrogens with one attached hydrogen (secondary N) is 1. The molecule has 0 radical (unpaired) electrons. The smallest absolute Gasteiger partial charge is 0.317 e. The Kier molecular flexibility index (Phi) is 5.66. The van der Waals surface area contributed by atoms with E-state index in [0.29, 0.717) is 12.5 Å². The van der Waals surface area contributed by atoms with Gasteiger partial charge in [-0.05, 0) is 51.9 Å². The van der Waals surface area contributed by atoms with Crippen LogP contribution in [0, 0.1) is 5.92 Å². The van der Waals surface area contributed by atoms with Gasteiger partial charge in [-0.3, -0.25) is 0 Å². The highest BCUT2D eigenvalue weighted by molar-refractivity contribution is 5.75. The minimum atomic E-state index is -0.617. The minimum absolute atomic E-state index is 0.0639. The average Bonchev–Trinajstić information content (AvgIpc) is 3.20. The van der Waals surface area contributed by atoms with Gasteiger partial charge in [-0.25, -0.2) is 4.79 Å². The zero-order valence-corrected chi connectivity index (χ0v) is 12.7. The third kappa shape index (κ3) is 4.63. The van der Waals surface area contributed by atoms with E-state index in [1.807, 2.05) is 4.90 Å². The fourth-order valence-corrected chi connectivity index (χ4v) is 2.83. The van der Waals surface area contributed by atoms with Crippen molar-refractivity contribution >= 4 is 6.03 Å². The van der Waals surface area contributed by atoms with Gasteiger partial charge in [-0.15, -0.1) is 0 Å². The topological polar surface area (TPSA) is 61.8 Å². The van der Waals surface area contributed by atoms with Gasteiger partial charge in [-0.2, -0.15) is 0 Å². The third-order valence-corrected chi connectivity index (χ3v) is 4.28. The normalized spacial score (nSPS) is 28.2. The van der Waals surface area contributed by atoms with Crippen LogP contribution >= 0.6 is 0 Å². The summed E-state index contributed by atoms with van der Waals surface area (Å²) in [5, 5.41) is 12.6. The molecule has 5 nitrogen and oxygen atoms in total. The number of ether oxygens (including phenoxy) is 1. The summed E-state index contributed by atoms with van der Waals surface area (Å²) in [5.74, 6) is 0.701. The molecule has 1 saturated heterocycles. The lowest BCUT2D eigenvalue weighted by Gasteiger charge is -2.39. The molecule has 116 valence electrons. The van der Waals surface area contributed by atoms with Crippen molar-refractivity contribution in [1.29, 1.82) is 0 Å². The summed E-state index contributed by atoms with van der Waals surface area (Å²) < 4.78 is 5.42. The number of nitrogens with zero attached hydrogens (tertiary/aromatic N) is 1. The van der Waals surface area contributed by atoms with E-state index in [1.54, 1.807) is 0 Å². The van der Waals surface area contributed by atoms with Crippen molar-refractivity contribution in [2.24, 2.45) is 5.92 Å². The molecule has 2 fully saturated rings. The molecule has 3 atom stereocenters. The number of hydrogen-bond acceptors (Lipinski definition) is 3. The number of carbonyl (C=O) groups excluding carboxylic acids is 1. The van der Waals surface area contributed by atoms with E-state index in [2.05, 4.69) is 19.2 Å². The molecule has 2 N–H and O–H groups in total. The maximum atomic E-state index is 12.2. The molecular formula is C15H28N2O3. The van der Waals surface area contributed by atoms with E-state index in [9.17, 15) is 9.90 Å². The van der Waals surface area contributed by atoms with Gasteiger partial charge in [-0.1, -0.05) is 0 Å². The molecule has 0 spiro atoms. The van der Waals surface area contributed by atoms with Crippen molar-refractivity contribution in [3.8, 4) is 0 Å². The Morgan fingerprint density at radius 1 is 1.30 bits per heavy atom. The average molecular weight is 284 g/mol. The molecule has 2 amide bonds. The van der Waals surface area contributed by atoms with Gasteiger partial charge < -0.3 is 20.1 Å². The molecule has 20 heavy (non-hydrogen) atoms. The standard InChI is InChI=1S/C15H28N2O3/c1-11-4-3-5-12(2)17(11)15(19)16-8-14(18)10-20-9-13-6-7-13/h11-14,18H,3-10H2,1-2H3,(H,16,19). The number of hydrogen-bond donors (Lipinski definition) is 2. The third-order valence-electron chi connectivity index (χ3n) is 4.28. The number of rotatable bonds is 6. The minimum Gasteiger partial charge on any atom is -0.389 e. The molecule has 0 bridgehead atoms. The monoisotopic (exact) mass is 284 g/mol. The Morgan fingerprint density at radius 3 is 2.55 bits per heavy atom. The van der Waals surface area contributed by atoms with Crippen LogP contribution in [-0.2, 0) is 4.74 Å². The molecule has 1 saturated carbocycles. The van der Waals surface area contributed by atoms with Crippen molar-refractivity contribution in [3.05, 3.63) is 0 Å². The molecule has 0 aromatic carbocycles. The fourth-order valence-electron chi connectivity index (χ4n) is 2.83. The van der Waals surface area contributed by atoms with Gasteiger partial charge in [0.05, 0.1) is 12.7 Å². The lowest BCUT2D eigenvalue weighted by molar-refractivity contribution is 0.0320. The molecule has 1 aliphatic carbocycles. The second-order valence-corrected chi connectivity index (χ2v) is 6.36. The van der Waals surface area contributed by atoms with Crippen LogP contribution in [0.15, 0.2) is 0 Å². The highest BCUT2D eigenvalue weighted by Crippen LogP contribution is 2.28. The molecule has 0 aromatic rings. The summed E-state index contributed by atoms with van der Waals surface area (Å²) in [4.78, 5) is 14.1. The number of likely N-dealkylation sites (tertiary alicyclic amines) is 1. The molecule has 1 aliphatic heterocycles. The van der Waals surface area contributed by atoms with E-state index >= 15 is 0 Å². The predicted octanol–water partition coefficient (Wildman–Crippen LogP) is 1.75. The van der Waals surface area contributed by atoms with Crippen molar-refractivity contribution in [2.75, 3.05) is 19.8 Å². The van der Waals surface area contributed by atoms with Crippen molar-refractivity contribution < 1.29 is 14.6 Å². The predicted molar refractivity (Wildman–Crippen MR) is 77.6 cm³/mol. The number of amides is 2. The number of aliphatic hydroxyl groups is 1. The molecule has 1 heterocycles. The van der Waals surface area contributed by atoms with Gasteiger partial charge in [0.1, 0.15) is 0 Å². The summed E-state index contributed by atoms with van der Waals surface area (Å²) in [6.45, 7) is 5.49. The Balaban J connectivity index is 1.64.